The standard InChI is InChI=1S/C32H23N3O3S2/c36-30-28(40-32(39)35(30)27(31(37)38)17-21-9-3-1-4-10-21)19-25-20-34(26-13-5-2-6-14-26)33-29(25)24-16-15-22-11-7-8-12-23(22)18-24/h1-16,18-20,27H,17H2,(H,37,38)/b28-19-/t27-/m1/s1. The van der Waals surface area contributed by atoms with Crippen molar-refractivity contribution in [2.45, 2.75) is 12.5 Å². The number of carboxylic acid groups (broad SMARTS) is 1. The van der Waals surface area contributed by atoms with E-state index >= 15 is 0 Å². The molecule has 0 unspecified atom stereocenters. The first-order chi connectivity index (χ1) is 19.5. The minimum Gasteiger partial charge on any atom is -0.480 e. The molecule has 0 bridgehead atoms. The smallest absolute Gasteiger partial charge is 0.327 e. The average molecular weight is 562 g/mol. The minimum absolute atomic E-state index is 0.157. The zero-order chi connectivity index (χ0) is 27.6. The number of benzene rings is 4. The molecule has 1 aromatic heterocycles. The summed E-state index contributed by atoms with van der Waals surface area (Å²) in [5, 5.41) is 17.1. The maximum atomic E-state index is 13.6. The fraction of sp³-hybridized carbons (Fsp3) is 0.0625. The minimum atomic E-state index is -1.10. The van der Waals surface area contributed by atoms with Gasteiger partial charge in [-0.25, -0.2) is 9.48 Å². The van der Waals surface area contributed by atoms with Crippen LogP contribution in [0, 0.1) is 0 Å². The van der Waals surface area contributed by atoms with Gasteiger partial charge in [0.05, 0.1) is 10.6 Å². The highest BCUT2D eigenvalue weighted by molar-refractivity contribution is 8.26. The van der Waals surface area contributed by atoms with Gasteiger partial charge in [-0.1, -0.05) is 109 Å². The first-order valence-electron chi connectivity index (χ1n) is 12.7. The molecular formula is C32H23N3O3S2. The molecular weight excluding hydrogens is 539 g/mol. The molecule has 1 atom stereocenters. The first kappa shape index (κ1) is 25.7. The fourth-order valence-electron chi connectivity index (χ4n) is 4.78. The Hall–Kier alpha value is -4.53. The summed E-state index contributed by atoms with van der Waals surface area (Å²) in [4.78, 5) is 27.5. The van der Waals surface area contributed by atoms with Crippen LogP contribution < -0.4 is 0 Å². The predicted molar refractivity (Wildman–Crippen MR) is 163 cm³/mol. The van der Waals surface area contributed by atoms with Crippen LogP contribution in [0.3, 0.4) is 0 Å². The van der Waals surface area contributed by atoms with E-state index in [1.54, 1.807) is 10.8 Å². The summed E-state index contributed by atoms with van der Waals surface area (Å²) in [6, 6.07) is 32.1. The van der Waals surface area contributed by atoms with Crippen molar-refractivity contribution in [3.8, 4) is 16.9 Å². The molecule has 0 spiro atoms. The van der Waals surface area contributed by atoms with Gasteiger partial charge in [-0.3, -0.25) is 9.69 Å². The van der Waals surface area contributed by atoms with Crippen LogP contribution in [0.25, 0.3) is 33.8 Å². The molecule has 196 valence electrons. The molecule has 1 fully saturated rings. The van der Waals surface area contributed by atoms with Crippen LogP contribution in [0.4, 0.5) is 0 Å². The number of nitrogens with zero attached hydrogens (tertiary/aromatic N) is 3. The number of hydrogen-bond acceptors (Lipinski definition) is 5. The molecule has 40 heavy (non-hydrogen) atoms. The number of aromatic nitrogens is 2. The van der Waals surface area contributed by atoms with Crippen molar-refractivity contribution in [2.75, 3.05) is 0 Å². The van der Waals surface area contributed by atoms with Crippen molar-refractivity contribution in [1.29, 1.82) is 0 Å². The van der Waals surface area contributed by atoms with E-state index in [2.05, 4.69) is 24.3 Å². The molecule has 5 aromatic rings. The van der Waals surface area contributed by atoms with E-state index in [1.165, 1.54) is 4.90 Å². The normalized spacial score (nSPS) is 15.2. The molecule has 1 N–H and O–H groups in total. The third kappa shape index (κ3) is 5.06. The molecule has 0 aliphatic carbocycles. The lowest BCUT2D eigenvalue weighted by Crippen LogP contribution is -2.45. The van der Waals surface area contributed by atoms with Crippen LogP contribution in [0.1, 0.15) is 11.1 Å². The molecule has 6 rings (SSSR count). The maximum absolute atomic E-state index is 13.6. The lowest BCUT2D eigenvalue weighted by Gasteiger charge is -2.23. The molecule has 0 saturated carbocycles. The highest BCUT2D eigenvalue weighted by Gasteiger charge is 2.40. The Morgan fingerprint density at radius 1 is 0.925 bits per heavy atom. The summed E-state index contributed by atoms with van der Waals surface area (Å²) >= 11 is 6.64. The predicted octanol–water partition coefficient (Wildman–Crippen LogP) is 6.59. The number of aliphatic carboxylic acids is 1. The highest BCUT2D eigenvalue weighted by atomic mass is 32.2. The van der Waals surface area contributed by atoms with E-state index in [-0.39, 0.29) is 10.7 Å². The second-order valence-electron chi connectivity index (χ2n) is 9.37. The monoisotopic (exact) mass is 561 g/mol. The van der Waals surface area contributed by atoms with Crippen LogP contribution in [0.15, 0.2) is 114 Å². The zero-order valence-corrected chi connectivity index (χ0v) is 22.8. The summed E-state index contributed by atoms with van der Waals surface area (Å²) in [6.07, 6.45) is 3.80. The quantitative estimate of drug-likeness (QED) is 0.179. The van der Waals surface area contributed by atoms with Gasteiger partial charge in [-0.15, -0.1) is 0 Å². The van der Waals surface area contributed by atoms with E-state index in [0.29, 0.717) is 10.6 Å². The Labute approximate surface area is 240 Å². The number of amides is 1. The van der Waals surface area contributed by atoms with Crippen molar-refractivity contribution in [3.05, 3.63) is 125 Å². The molecule has 1 amide bonds. The number of carbonyl (C=O) groups excluding carboxylic acids is 1. The van der Waals surface area contributed by atoms with Gasteiger partial charge in [-0.05, 0) is 40.6 Å². The Morgan fingerprint density at radius 3 is 2.33 bits per heavy atom. The molecule has 8 heteroatoms. The molecule has 2 heterocycles. The van der Waals surface area contributed by atoms with Crippen molar-refractivity contribution in [2.24, 2.45) is 0 Å². The Balaban J connectivity index is 1.40. The average Bonchev–Trinajstić information content (AvgIpc) is 3.52. The Bertz CT molecular complexity index is 1780. The molecule has 0 radical (unpaired) electrons. The van der Waals surface area contributed by atoms with E-state index in [9.17, 15) is 14.7 Å². The van der Waals surface area contributed by atoms with Gasteiger partial charge in [0.1, 0.15) is 16.1 Å². The van der Waals surface area contributed by atoms with E-state index in [0.717, 1.165) is 44.9 Å². The van der Waals surface area contributed by atoms with Gasteiger partial charge in [0.25, 0.3) is 5.91 Å². The topological polar surface area (TPSA) is 75.4 Å². The number of hydrogen-bond donors (Lipinski definition) is 1. The number of carbonyl (C=O) groups is 2. The van der Waals surface area contributed by atoms with Gasteiger partial charge < -0.3 is 5.11 Å². The van der Waals surface area contributed by atoms with Crippen LogP contribution in [0.5, 0.6) is 0 Å². The van der Waals surface area contributed by atoms with E-state index in [4.69, 9.17) is 17.3 Å². The lowest BCUT2D eigenvalue weighted by molar-refractivity contribution is -0.145. The molecule has 1 aliphatic heterocycles. The van der Waals surface area contributed by atoms with E-state index < -0.39 is 17.9 Å². The number of para-hydroxylation sites is 1. The summed E-state index contributed by atoms with van der Waals surface area (Å²) in [5.74, 6) is -1.52. The van der Waals surface area contributed by atoms with Gasteiger partial charge in [0, 0.05) is 23.7 Å². The molecule has 1 saturated heterocycles. The third-order valence-electron chi connectivity index (χ3n) is 6.76. The molecule has 4 aromatic carbocycles. The van der Waals surface area contributed by atoms with Crippen molar-refractivity contribution >= 4 is 57.0 Å². The van der Waals surface area contributed by atoms with E-state index in [1.807, 2.05) is 85.1 Å². The van der Waals surface area contributed by atoms with Crippen LogP contribution in [-0.2, 0) is 16.0 Å². The number of fused-ring (bicyclic) bond motifs is 1. The lowest BCUT2D eigenvalue weighted by atomic mass is 10.0. The largest absolute Gasteiger partial charge is 0.480 e. The third-order valence-corrected chi connectivity index (χ3v) is 8.10. The highest BCUT2D eigenvalue weighted by Crippen LogP contribution is 2.37. The van der Waals surface area contributed by atoms with Crippen LogP contribution in [-0.4, -0.2) is 42.0 Å². The van der Waals surface area contributed by atoms with Gasteiger partial charge in [0.15, 0.2) is 0 Å². The molecule has 1 aliphatic rings. The van der Waals surface area contributed by atoms with Gasteiger partial charge in [-0.2, -0.15) is 5.10 Å². The number of carboxylic acids is 1. The first-order valence-corrected chi connectivity index (χ1v) is 13.9. The summed E-state index contributed by atoms with van der Waals surface area (Å²) in [6.45, 7) is 0. The van der Waals surface area contributed by atoms with Crippen molar-refractivity contribution in [1.82, 2.24) is 14.7 Å². The second kappa shape index (κ2) is 10.9. The number of rotatable bonds is 7. The van der Waals surface area contributed by atoms with Crippen LogP contribution in [0.2, 0.25) is 0 Å². The summed E-state index contributed by atoms with van der Waals surface area (Å²) in [7, 11) is 0. The second-order valence-corrected chi connectivity index (χ2v) is 11.0. The summed E-state index contributed by atoms with van der Waals surface area (Å²) < 4.78 is 2.01. The van der Waals surface area contributed by atoms with Gasteiger partial charge in [0.2, 0.25) is 0 Å². The number of thiocarbonyl (C=S) groups is 1. The number of thioether (sulfide) groups is 1. The Morgan fingerprint density at radius 2 is 1.60 bits per heavy atom. The zero-order valence-electron chi connectivity index (χ0n) is 21.2. The SMILES string of the molecule is O=C(O)[C@@H](Cc1ccccc1)N1C(=O)/C(=C/c2cn(-c3ccccc3)nc2-c2ccc3ccccc3c2)SC1=S. The van der Waals surface area contributed by atoms with Crippen molar-refractivity contribution in [3.63, 3.8) is 0 Å². The summed E-state index contributed by atoms with van der Waals surface area (Å²) in [5.41, 5.74) is 4.04. The fourth-order valence-corrected chi connectivity index (χ4v) is 6.13. The maximum Gasteiger partial charge on any atom is 0.327 e. The van der Waals surface area contributed by atoms with Crippen molar-refractivity contribution < 1.29 is 14.7 Å². The van der Waals surface area contributed by atoms with Gasteiger partial charge >= 0.3 is 5.97 Å². The Kier molecular flexibility index (Phi) is 7.02. The van der Waals surface area contributed by atoms with Crippen LogP contribution >= 0.6 is 24.0 Å². The molecule has 6 nitrogen and oxygen atoms in total.